The van der Waals surface area contributed by atoms with E-state index in [4.69, 9.17) is 9.47 Å². The fourth-order valence-electron chi connectivity index (χ4n) is 2.33. The van der Waals surface area contributed by atoms with E-state index in [0.717, 1.165) is 49.6 Å². The van der Waals surface area contributed by atoms with E-state index in [1.54, 1.807) is 7.11 Å². The molecule has 2 aromatic carbocycles. The molecule has 0 bridgehead atoms. The van der Waals surface area contributed by atoms with Crippen LogP contribution >= 0.6 is 0 Å². The minimum Gasteiger partial charge on any atom is -0.493 e. The van der Waals surface area contributed by atoms with Gasteiger partial charge in [0, 0.05) is 12.2 Å². The zero-order valence-electron chi connectivity index (χ0n) is 14.4. The van der Waals surface area contributed by atoms with Gasteiger partial charge in [0.15, 0.2) is 11.5 Å². The molecule has 0 aliphatic rings. The third-order valence-corrected chi connectivity index (χ3v) is 3.84. The molecule has 2 aromatic rings. The van der Waals surface area contributed by atoms with Crippen molar-refractivity contribution in [3.05, 3.63) is 53.6 Å². The molecule has 0 fully saturated rings. The molecule has 0 aromatic heterocycles. The van der Waals surface area contributed by atoms with Crippen LogP contribution in [0.3, 0.4) is 0 Å². The fourth-order valence-corrected chi connectivity index (χ4v) is 2.33. The Balaban J connectivity index is 1.99. The van der Waals surface area contributed by atoms with E-state index >= 15 is 0 Å². The highest BCUT2D eigenvalue weighted by Crippen LogP contribution is 2.28. The largest absolute Gasteiger partial charge is 0.493 e. The van der Waals surface area contributed by atoms with Crippen LogP contribution in [0.15, 0.2) is 42.5 Å². The molecule has 0 aliphatic heterocycles. The van der Waals surface area contributed by atoms with Crippen LogP contribution in [0.5, 0.6) is 11.5 Å². The first-order chi connectivity index (χ1) is 11.3. The van der Waals surface area contributed by atoms with E-state index in [0.29, 0.717) is 0 Å². The number of methoxy groups -OCH3 is 1. The van der Waals surface area contributed by atoms with Gasteiger partial charge in [-0.05, 0) is 48.2 Å². The van der Waals surface area contributed by atoms with Gasteiger partial charge in [0.2, 0.25) is 0 Å². The lowest BCUT2D eigenvalue weighted by molar-refractivity contribution is 0.288. The van der Waals surface area contributed by atoms with Gasteiger partial charge in [0.25, 0.3) is 0 Å². The molecule has 3 nitrogen and oxygen atoms in total. The molecule has 0 spiro atoms. The summed E-state index contributed by atoms with van der Waals surface area (Å²) in [5, 5.41) is 3.45. The van der Waals surface area contributed by atoms with Gasteiger partial charge in [-0.15, -0.1) is 0 Å². The molecule has 0 heterocycles. The zero-order valence-corrected chi connectivity index (χ0v) is 14.4. The number of ether oxygens (including phenoxy) is 2. The van der Waals surface area contributed by atoms with Gasteiger partial charge in [0.1, 0.15) is 0 Å². The number of hydrogen-bond acceptors (Lipinski definition) is 3. The van der Waals surface area contributed by atoms with E-state index in [2.05, 4.69) is 55.6 Å². The third-order valence-electron chi connectivity index (χ3n) is 3.84. The predicted octanol–water partition coefficient (Wildman–Crippen LogP) is 5.05. The topological polar surface area (TPSA) is 30.5 Å². The van der Waals surface area contributed by atoms with Crippen LogP contribution in [0.1, 0.15) is 37.8 Å². The van der Waals surface area contributed by atoms with Crippen molar-refractivity contribution in [1.29, 1.82) is 0 Å². The lowest BCUT2D eigenvalue weighted by Gasteiger charge is -2.13. The Kier molecular flexibility index (Phi) is 6.79. The van der Waals surface area contributed by atoms with Gasteiger partial charge in [0.05, 0.1) is 13.7 Å². The molecular weight excluding hydrogens is 286 g/mol. The van der Waals surface area contributed by atoms with Gasteiger partial charge in [-0.1, -0.05) is 38.5 Å². The molecule has 0 saturated heterocycles. The Morgan fingerprint density at radius 3 is 2.30 bits per heavy atom. The smallest absolute Gasteiger partial charge is 0.161 e. The average Bonchev–Trinajstić information content (AvgIpc) is 2.61. The Hall–Kier alpha value is -2.16. The SMILES string of the molecule is CCCCOc1cc(CNc2ccc(CC)cc2)ccc1OC. The van der Waals surface area contributed by atoms with E-state index in [1.807, 2.05) is 6.07 Å². The third kappa shape index (κ3) is 5.20. The maximum absolute atomic E-state index is 5.84. The summed E-state index contributed by atoms with van der Waals surface area (Å²) in [6.45, 7) is 5.81. The fraction of sp³-hybridized carbons (Fsp3) is 0.400. The Morgan fingerprint density at radius 1 is 0.913 bits per heavy atom. The van der Waals surface area contributed by atoms with Crippen LogP contribution in [0.25, 0.3) is 0 Å². The first-order valence-corrected chi connectivity index (χ1v) is 8.39. The quantitative estimate of drug-likeness (QED) is 0.657. The average molecular weight is 313 g/mol. The maximum atomic E-state index is 5.84. The molecule has 0 amide bonds. The molecule has 124 valence electrons. The lowest BCUT2D eigenvalue weighted by atomic mass is 10.1. The molecule has 0 atom stereocenters. The first-order valence-electron chi connectivity index (χ1n) is 8.39. The van der Waals surface area contributed by atoms with Crippen molar-refractivity contribution >= 4 is 5.69 Å². The van der Waals surface area contributed by atoms with Crippen LogP contribution < -0.4 is 14.8 Å². The minimum absolute atomic E-state index is 0.724. The number of rotatable bonds is 9. The number of nitrogens with one attached hydrogen (secondary N) is 1. The summed E-state index contributed by atoms with van der Waals surface area (Å²) < 4.78 is 11.2. The number of aryl methyl sites for hydroxylation is 1. The Bertz CT molecular complexity index is 593. The second-order valence-corrected chi connectivity index (χ2v) is 5.59. The second kappa shape index (κ2) is 9.09. The highest BCUT2D eigenvalue weighted by atomic mass is 16.5. The molecule has 1 N–H and O–H groups in total. The number of hydrogen-bond donors (Lipinski definition) is 1. The van der Waals surface area contributed by atoms with Crippen molar-refractivity contribution < 1.29 is 9.47 Å². The summed E-state index contributed by atoms with van der Waals surface area (Å²) in [4.78, 5) is 0. The first kappa shape index (κ1) is 17.2. The number of anilines is 1. The van der Waals surface area contributed by atoms with Gasteiger partial charge in [-0.25, -0.2) is 0 Å². The summed E-state index contributed by atoms with van der Waals surface area (Å²) in [7, 11) is 1.68. The van der Waals surface area contributed by atoms with E-state index in [1.165, 1.54) is 11.1 Å². The van der Waals surface area contributed by atoms with Crippen LogP contribution in [0.4, 0.5) is 5.69 Å². The monoisotopic (exact) mass is 313 g/mol. The summed E-state index contributed by atoms with van der Waals surface area (Å²) in [6.07, 6.45) is 3.24. The van der Waals surface area contributed by atoms with Crippen LogP contribution in [0.2, 0.25) is 0 Å². The molecule has 0 aliphatic carbocycles. The van der Waals surface area contributed by atoms with E-state index in [9.17, 15) is 0 Å². The van der Waals surface area contributed by atoms with Gasteiger partial charge in [-0.3, -0.25) is 0 Å². The van der Waals surface area contributed by atoms with Gasteiger partial charge >= 0.3 is 0 Å². The summed E-state index contributed by atoms with van der Waals surface area (Å²) >= 11 is 0. The molecule has 0 unspecified atom stereocenters. The van der Waals surface area contributed by atoms with Gasteiger partial charge < -0.3 is 14.8 Å². The zero-order chi connectivity index (χ0) is 16.5. The normalized spacial score (nSPS) is 10.4. The molecule has 0 saturated carbocycles. The number of unbranched alkanes of at least 4 members (excludes halogenated alkanes) is 1. The Labute approximate surface area is 139 Å². The van der Waals surface area contributed by atoms with Crippen molar-refractivity contribution in [2.24, 2.45) is 0 Å². The molecule has 2 rings (SSSR count). The summed E-state index contributed by atoms with van der Waals surface area (Å²) in [5.41, 5.74) is 3.66. The van der Waals surface area contributed by atoms with E-state index < -0.39 is 0 Å². The van der Waals surface area contributed by atoms with Crippen molar-refractivity contribution in [3.63, 3.8) is 0 Å². The molecule has 3 heteroatoms. The van der Waals surface area contributed by atoms with Crippen LogP contribution in [-0.4, -0.2) is 13.7 Å². The Morgan fingerprint density at radius 2 is 1.65 bits per heavy atom. The van der Waals surface area contributed by atoms with E-state index in [-0.39, 0.29) is 0 Å². The van der Waals surface area contributed by atoms with Crippen molar-refractivity contribution in [3.8, 4) is 11.5 Å². The van der Waals surface area contributed by atoms with Gasteiger partial charge in [-0.2, -0.15) is 0 Å². The highest BCUT2D eigenvalue weighted by molar-refractivity contribution is 5.47. The number of benzene rings is 2. The second-order valence-electron chi connectivity index (χ2n) is 5.59. The molecule has 0 radical (unpaired) electrons. The summed E-state index contributed by atoms with van der Waals surface area (Å²) in [6, 6.07) is 14.7. The predicted molar refractivity (Wildman–Crippen MR) is 96.5 cm³/mol. The highest BCUT2D eigenvalue weighted by Gasteiger charge is 2.06. The summed E-state index contributed by atoms with van der Waals surface area (Å²) in [5.74, 6) is 1.61. The minimum atomic E-state index is 0.724. The molecular formula is C20H27NO2. The lowest BCUT2D eigenvalue weighted by Crippen LogP contribution is -2.02. The van der Waals surface area contributed by atoms with Crippen molar-refractivity contribution in [2.75, 3.05) is 19.0 Å². The van der Waals surface area contributed by atoms with Crippen molar-refractivity contribution in [1.82, 2.24) is 0 Å². The van der Waals surface area contributed by atoms with Crippen molar-refractivity contribution in [2.45, 2.75) is 39.7 Å². The standard InChI is InChI=1S/C20H27NO2/c1-4-6-13-23-20-14-17(9-12-19(20)22-3)15-21-18-10-7-16(5-2)8-11-18/h7-12,14,21H,4-6,13,15H2,1-3H3. The van der Waals surface area contributed by atoms with Crippen LogP contribution in [-0.2, 0) is 13.0 Å². The maximum Gasteiger partial charge on any atom is 0.161 e. The van der Waals surface area contributed by atoms with Crippen LogP contribution in [0, 0.1) is 0 Å². The molecule has 23 heavy (non-hydrogen) atoms.